The summed E-state index contributed by atoms with van der Waals surface area (Å²) in [5.74, 6) is 0.171. The van der Waals surface area contributed by atoms with Crippen LogP contribution in [0.3, 0.4) is 0 Å². The summed E-state index contributed by atoms with van der Waals surface area (Å²) in [5.41, 5.74) is 0.963. The van der Waals surface area contributed by atoms with Gasteiger partial charge in [-0.3, -0.25) is 14.5 Å². The summed E-state index contributed by atoms with van der Waals surface area (Å²) >= 11 is 0. The van der Waals surface area contributed by atoms with Gasteiger partial charge >= 0.3 is 0 Å². The first-order valence-electron chi connectivity index (χ1n) is 8.65. The first-order valence-corrected chi connectivity index (χ1v) is 8.65. The molecule has 8 heteroatoms. The molecule has 8 nitrogen and oxygen atoms in total. The van der Waals surface area contributed by atoms with Crippen LogP contribution in [-0.4, -0.2) is 58.2 Å². The minimum atomic E-state index is -0.444. The van der Waals surface area contributed by atoms with Crippen LogP contribution < -0.4 is 10.9 Å². The molecule has 2 aromatic rings. The van der Waals surface area contributed by atoms with E-state index in [0.717, 1.165) is 32.8 Å². The molecule has 0 bridgehead atoms. The molecule has 0 unspecified atom stereocenters. The maximum atomic E-state index is 12.8. The molecule has 3 rings (SSSR count). The fourth-order valence-electron chi connectivity index (χ4n) is 2.84. The molecule has 1 saturated heterocycles. The number of anilines is 1. The third-order valence-corrected chi connectivity index (χ3v) is 4.40. The molecule has 0 saturated carbocycles. The highest BCUT2D eigenvalue weighted by molar-refractivity contribution is 6.04. The Balaban J connectivity index is 1.74. The highest BCUT2D eigenvalue weighted by Gasteiger charge is 2.17. The Hall–Kier alpha value is -2.58. The van der Waals surface area contributed by atoms with Gasteiger partial charge in [0.1, 0.15) is 11.4 Å². The number of pyridine rings is 1. The molecule has 0 aromatic carbocycles. The number of rotatable bonds is 5. The van der Waals surface area contributed by atoms with Gasteiger partial charge in [0.15, 0.2) is 0 Å². The third kappa shape index (κ3) is 4.33. The average Bonchev–Trinajstić information content (AvgIpc) is 2.64. The van der Waals surface area contributed by atoms with Crippen molar-refractivity contribution in [3.05, 3.63) is 52.0 Å². The number of carbonyl (C=O) groups excluding carboxylic acids is 1. The molecule has 1 aliphatic heterocycles. The zero-order chi connectivity index (χ0) is 18.5. The fraction of sp³-hybridized carbons (Fsp3) is 0.444. The van der Waals surface area contributed by atoms with Crippen LogP contribution in [0.5, 0.6) is 0 Å². The Morgan fingerprint density at radius 2 is 1.88 bits per heavy atom. The van der Waals surface area contributed by atoms with Crippen LogP contribution in [0.25, 0.3) is 0 Å². The van der Waals surface area contributed by atoms with Crippen molar-refractivity contribution in [2.45, 2.75) is 20.4 Å². The molecule has 1 amide bonds. The molecular weight excluding hydrogens is 334 g/mol. The maximum absolute atomic E-state index is 12.8. The highest BCUT2D eigenvalue weighted by Crippen LogP contribution is 2.08. The Labute approximate surface area is 151 Å². The second kappa shape index (κ2) is 8.20. The largest absolute Gasteiger partial charge is 0.379 e. The fourth-order valence-corrected chi connectivity index (χ4v) is 2.84. The van der Waals surface area contributed by atoms with Gasteiger partial charge < -0.3 is 14.6 Å². The molecule has 1 N–H and O–H groups in total. The number of nitrogens with one attached hydrogen (secondary N) is 1. The molecule has 0 radical (unpaired) electrons. The van der Waals surface area contributed by atoms with Crippen molar-refractivity contribution in [1.82, 2.24) is 19.4 Å². The number of nitrogens with zero attached hydrogens (tertiary/aromatic N) is 4. The SMILES string of the molecule is Cc1ncc(NC(=O)c2c(C)ccn(CCN3CCOCC3)c2=O)cn1. The summed E-state index contributed by atoms with van der Waals surface area (Å²) in [6.45, 7) is 7.97. The van der Waals surface area contributed by atoms with Crippen molar-refractivity contribution < 1.29 is 9.53 Å². The van der Waals surface area contributed by atoms with Crippen LogP contribution >= 0.6 is 0 Å². The molecule has 138 valence electrons. The Bertz CT molecular complexity index is 826. The molecule has 0 spiro atoms. The van der Waals surface area contributed by atoms with E-state index >= 15 is 0 Å². The number of carbonyl (C=O) groups is 1. The number of ether oxygens (including phenoxy) is 1. The zero-order valence-corrected chi connectivity index (χ0v) is 15.1. The van der Waals surface area contributed by atoms with Crippen LogP contribution in [0.2, 0.25) is 0 Å². The van der Waals surface area contributed by atoms with Crippen molar-refractivity contribution in [2.75, 3.05) is 38.2 Å². The van der Waals surface area contributed by atoms with Crippen molar-refractivity contribution in [3.8, 4) is 0 Å². The maximum Gasteiger partial charge on any atom is 0.263 e. The van der Waals surface area contributed by atoms with E-state index in [1.165, 1.54) is 12.4 Å². The van der Waals surface area contributed by atoms with E-state index in [2.05, 4.69) is 20.2 Å². The van der Waals surface area contributed by atoms with Crippen LogP contribution in [0.1, 0.15) is 21.7 Å². The number of aromatic nitrogens is 3. The Morgan fingerprint density at radius 3 is 2.58 bits per heavy atom. The predicted molar refractivity (Wildman–Crippen MR) is 97.4 cm³/mol. The monoisotopic (exact) mass is 357 g/mol. The molecular formula is C18H23N5O3. The van der Waals surface area contributed by atoms with E-state index in [4.69, 9.17) is 4.74 Å². The van der Waals surface area contributed by atoms with Gasteiger partial charge in [-0.2, -0.15) is 0 Å². The molecule has 1 fully saturated rings. The lowest BCUT2D eigenvalue weighted by atomic mass is 10.1. The average molecular weight is 357 g/mol. The Kier molecular flexibility index (Phi) is 5.75. The topological polar surface area (TPSA) is 89.4 Å². The molecule has 3 heterocycles. The third-order valence-electron chi connectivity index (χ3n) is 4.40. The quantitative estimate of drug-likeness (QED) is 0.853. The number of morpholine rings is 1. The molecule has 0 atom stereocenters. The van der Waals surface area contributed by atoms with Crippen LogP contribution in [0.15, 0.2) is 29.5 Å². The predicted octanol–water partition coefficient (Wildman–Crippen LogP) is 0.840. The molecule has 2 aromatic heterocycles. The van der Waals surface area contributed by atoms with E-state index in [0.29, 0.717) is 23.6 Å². The normalized spacial score (nSPS) is 15.0. The number of hydrogen-bond acceptors (Lipinski definition) is 6. The highest BCUT2D eigenvalue weighted by atomic mass is 16.5. The van der Waals surface area contributed by atoms with Gasteiger partial charge in [0.25, 0.3) is 11.5 Å². The van der Waals surface area contributed by atoms with Gasteiger partial charge in [0.2, 0.25) is 0 Å². The first-order chi connectivity index (χ1) is 12.5. The number of aryl methyl sites for hydroxylation is 2. The summed E-state index contributed by atoms with van der Waals surface area (Å²) in [6.07, 6.45) is 4.79. The lowest BCUT2D eigenvalue weighted by molar-refractivity contribution is 0.0363. The molecule has 26 heavy (non-hydrogen) atoms. The smallest absolute Gasteiger partial charge is 0.263 e. The zero-order valence-electron chi connectivity index (χ0n) is 15.1. The van der Waals surface area contributed by atoms with Crippen molar-refractivity contribution in [2.24, 2.45) is 0 Å². The number of amides is 1. The van der Waals surface area contributed by atoms with Crippen molar-refractivity contribution in [1.29, 1.82) is 0 Å². The van der Waals surface area contributed by atoms with E-state index in [9.17, 15) is 9.59 Å². The molecule has 1 aliphatic rings. The summed E-state index contributed by atoms with van der Waals surface area (Å²) in [5, 5.41) is 2.70. The van der Waals surface area contributed by atoms with E-state index in [1.807, 2.05) is 0 Å². The van der Waals surface area contributed by atoms with E-state index < -0.39 is 5.91 Å². The lowest BCUT2D eigenvalue weighted by Crippen LogP contribution is -2.40. The van der Waals surface area contributed by atoms with Crippen LogP contribution in [0, 0.1) is 13.8 Å². The first kappa shape index (κ1) is 18.2. The summed E-state index contributed by atoms with van der Waals surface area (Å²) in [4.78, 5) is 35.7. The van der Waals surface area contributed by atoms with Gasteiger partial charge in [-0.25, -0.2) is 9.97 Å². The van der Waals surface area contributed by atoms with Gasteiger partial charge in [-0.1, -0.05) is 0 Å². The van der Waals surface area contributed by atoms with Crippen molar-refractivity contribution >= 4 is 11.6 Å². The van der Waals surface area contributed by atoms with Gasteiger partial charge in [-0.05, 0) is 25.5 Å². The van der Waals surface area contributed by atoms with E-state index in [1.54, 1.807) is 30.7 Å². The van der Waals surface area contributed by atoms with Gasteiger partial charge in [0.05, 0.1) is 31.3 Å². The van der Waals surface area contributed by atoms with Crippen molar-refractivity contribution in [3.63, 3.8) is 0 Å². The minimum absolute atomic E-state index is 0.148. The van der Waals surface area contributed by atoms with Crippen LogP contribution in [0.4, 0.5) is 5.69 Å². The second-order valence-electron chi connectivity index (χ2n) is 6.30. The Morgan fingerprint density at radius 1 is 1.19 bits per heavy atom. The minimum Gasteiger partial charge on any atom is -0.379 e. The summed E-state index contributed by atoms with van der Waals surface area (Å²) in [6, 6.07) is 1.79. The number of hydrogen-bond donors (Lipinski definition) is 1. The van der Waals surface area contributed by atoms with Gasteiger partial charge in [0, 0.05) is 32.4 Å². The second-order valence-corrected chi connectivity index (χ2v) is 6.30. The van der Waals surface area contributed by atoms with E-state index in [-0.39, 0.29) is 11.1 Å². The van der Waals surface area contributed by atoms with Gasteiger partial charge in [-0.15, -0.1) is 0 Å². The molecule has 0 aliphatic carbocycles. The summed E-state index contributed by atoms with van der Waals surface area (Å²) in [7, 11) is 0. The summed E-state index contributed by atoms with van der Waals surface area (Å²) < 4.78 is 6.92. The van der Waals surface area contributed by atoms with Crippen LogP contribution in [-0.2, 0) is 11.3 Å². The standard InChI is InChI=1S/C18H23N5O3/c1-13-3-4-23(6-5-22-7-9-26-10-8-22)18(25)16(13)17(24)21-15-11-19-14(2)20-12-15/h3-4,11-12H,5-10H2,1-2H3,(H,21,24). The lowest BCUT2D eigenvalue weighted by Gasteiger charge is -2.26.